The average Bonchev–Trinajstić information content (AvgIpc) is 2.62. The highest BCUT2D eigenvalue weighted by Crippen LogP contribution is 2.14. The van der Waals surface area contributed by atoms with Gasteiger partial charge in [0.25, 0.3) is 5.91 Å². The van der Waals surface area contributed by atoms with Crippen LogP contribution in [0.15, 0.2) is 35.4 Å². The van der Waals surface area contributed by atoms with Crippen molar-refractivity contribution < 1.29 is 19.1 Å². The van der Waals surface area contributed by atoms with Crippen molar-refractivity contribution in [3.8, 4) is 5.75 Å². The van der Waals surface area contributed by atoms with Crippen LogP contribution in [0.1, 0.15) is 44.6 Å². The summed E-state index contributed by atoms with van der Waals surface area (Å²) in [6.07, 6.45) is 1.51. The van der Waals surface area contributed by atoms with Crippen LogP contribution in [-0.4, -0.2) is 36.8 Å². The van der Waals surface area contributed by atoms with Crippen molar-refractivity contribution in [3.05, 3.63) is 58.4 Å². The third kappa shape index (κ3) is 4.66. The zero-order valence-corrected chi connectivity index (χ0v) is 15.2. The molecule has 0 radical (unpaired) electrons. The number of rotatable bonds is 6. The SMILES string of the molecule is CCOC(=O)c1cc(C(=O)N/N=C/c2ccc(OC)cc2)c(C)nc1C. The largest absolute Gasteiger partial charge is 0.497 e. The smallest absolute Gasteiger partial charge is 0.339 e. The minimum Gasteiger partial charge on any atom is -0.497 e. The number of hydrogen-bond acceptors (Lipinski definition) is 6. The summed E-state index contributed by atoms with van der Waals surface area (Å²) < 4.78 is 10.1. The zero-order valence-electron chi connectivity index (χ0n) is 15.2. The molecule has 0 aliphatic carbocycles. The first kappa shape index (κ1) is 19.1. The van der Waals surface area contributed by atoms with Crippen molar-refractivity contribution in [1.82, 2.24) is 10.4 Å². The van der Waals surface area contributed by atoms with E-state index in [-0.39, 0.29) is 17.7 Å². The summed E-state index contributed by atoms with van der Waals surface area (Å²) in [6, 6.07) is 8.69. The Hall–Kier alpha value is -3.22. The minimum absolute atomic E-state index is 0.250. The number of ether oxygens (including phenoxy) is 2. The third-order valence-electron chi connectivity index (χ3n) is 3.64. The molecule has 0 spiro atoms. The van der Waals surface area contributed by atoms with Gasteiger partial charge in [0.2, 0.25) is 0 Å². The molecule has 136 valence electrons. The van der Waals surface area contributed by atoms with Gasteiger partial charge >= 0.3 is 5.97 Å². The minimum atomic E-state index is -0.506. The molecule has 0 saturated heterocycles. The summed E-state index contributed by atoms with van der Waals surface area (Å²) >= 11 is 0. The van der Waals surface area contributed by atoms with Crippen LogP contribution in [0.4, 0.5) is 0 Å². The fraction of sp³-hybridized carbons (Fsp3) is 0.263. The van der Waals surface area contributed by atoms with E-state index in [4.69, 9.17) is 9.47 Å². The van der Waals surface area contributed by atoms with Crippen molar-refractivity contribution in [1.29, 1.82) is 0 Å². The molecule has 1 aromatic heterocycles. The van der Waals surface area contributed by atoms with Crippen LogP contribution in [0.5, 0.6) is 5.75 Å². The number of aromatic nitrogens is 1. The lowest BCUT2D eigenvalue weighted by molar-refractivity contribution is 0.0525. The van der Waals surface area contributed by atoms with Gasteiger partial charge in [-0.05, 0) is 56.7 Å². The van der Waals surface area contributed by atoms with E-state index in [0.717, 1.165) is 11.3 Å². The van der Waals surface area contributed by atoms with E-state index in [9.17, 15) is 9.59 Å². The molecule has 1 heterocycles. The molecule has 7 heteroatoms. The first-order valence-corrected chi connectivity index (χ1v) is 8.09. The highest BCUT2D eigenvalue weighted by molar-refractivity contribution is 5.99. The molecule has 0 atom stereocenters. The number of esters is 1. The molecular formula is C19H21N3O4. The summed E-state index contributed by atoms with van der Waals surface area (Å²) in [5.41, 5.74) is 4.80. The van der Waals surface area contributed by atoms with Crippen molar-refractivity contribution in [3.63, 3.8) is 0 Å². The number of hydrazone groups is 1. The molecule has 0 unspecified atom stereocenters. The number of methoxy groups -OCH3 is 1. The Bertz CT molecular complexity index is 829. The number of carbonyl (C=O) groups is 2. The van der Waals surface area contributed by atoms with Gasteiger partial charge in [-0.1, -0.05) is 0 Å². The second-order valence-corrected chi connectivity index (χ2v) is 5.45. The van der Waals surface area contributed by atoms with Gasteiger partial charge in [0.1, 0.15) is 5.75 Å². The Morgan fingerprint density at radius 3 is 2.42 bits per heavy atom. The number of nitrogens with zero attached hydrogens (tertiary/aromatic N) is 2. The molecule has 0 saturated carbocycles. The normalized spacial score (nSPS) is 10.6. The van der Waals surface area contributed by atoms with Crippen molar-refractivity contribution >= 4 is 18.1 Å². The van der Waals surface area contributed by atoms with E-state index in [1.807, 2.05) is 12.1 Å². The number of aryl methyl sites for hydroxylation is 2. The number of benzene rings is 1. The van der Waals surface area contributed by atoms with E-state index in [0.29, 0.717) is 11.4 Å². The fourth-order valence-electron chi connectivity index (χ4n) is 2.29. The molecule has 26 heavy (non-hydrogen) atoms. The van der Waals surface area contributed by atoms with E-state index in [1.165, 1.54) is 12.3 Å². The molecule has 0 aliphatic rings. The quantitative estimate of drug-likeness (QED) is 0.489. The van der Waals surface area contributed by atoms with Gasteiger partial charge < -0.3 is 9.47 Å². The predicted molar refractivity (Wildman–Crippen MR) is 97.7 cm³/mol. The van der Waals surface area contributed by atoms with Gasteiger partial charge in [-0.15, -0.1) is 0 Å². The molecule has 2 aromatic rings. The Kier molecular flexibility index (Phi) is 6.43. The summed E-state index contributed by atoms with van der Waals surface area (Å²) in [5, 5.41) is 3.94. The Labute approximate surface area is 152 Å². The van der Waals surface area contributed by atoms with Crippen LogP contribution in [0.2, 0.25) is 0 Å². The lowest BCUT2D eigenvalue weighted by Gasteiger charge is -2.09. The zero-order chi connectivity index (χ0) is 19.1. The van der Waals surface area contributed by atoms with Crippen LogP contribution < -0.4 is 10.2 Å². The second-order valence-electron chi connectivity index (χ2n) is 5.45. The monoisotopic (exact) mass is 355 g/mol. The predicted octanol–water partition coefficient (Wildman–Crippen LogP) is 2.65. The standard InChI is InChI=1S/C19H21N3O4/c1-5-26-19(24)17-10-16(12(2)21-13(17)3)18(23)22-20-11-14-6-8-15(25-4)9-7-14/h6-11H,5H2,1-4H3,(H,22,23)/b20-11+. The summed E-state index contributed by atoms with van der Waals surface area (Å²) in [7, 11) is 1.59. The van der Waals surface area contributed by atoms with Crippen molar-refractivity contribution in [2.75, 3.05) is 13.7 Å². The van der Waals surface area contributed by atoms with E-state index < -0.39 is 11.9 Å². The lowest BCUT2D eigenvalue weighted by atomic mass is 10.1. The Balaban J connectivity index is 2.14. The third-order valence-corrected chi connectivity index (χ3v) is 3.64. The molecule has 7 nitrogen and oxygen atoms in total. The second kappa shape index (κ2) is 8.75. The van der Waals surface area contributed by atoms with E-state index >= 15 is 0 Å². The van der Waals surface area contributed by atoms with Crippen molar-refractivity contribution in [2.45, 2.75) is 20.8 Å². The van der Waals surface area contributed by atoms with Crippen molar-refractivity contribution in [2.24, 2.45) is 5.10 Å². The molecule has 0 bridgehead atoms. The summed E-state index contributed by atoms with van der Waals surface area (Å²) in [4.78, 5) is 28.6. The molecule has 1 aromatic carbocycles. The van der Waals surface area contributed by atoms with Crippen LogP contribution >= 0.6 is 0 Å². The van der Waals surface area contributed by atoms with Gasteiger partial charge in [0.15, 0.2) is 0 Å². The maximum absolute atomic E-state index is 12.4. The topological polar surface area (TPSA) is 89.9 Å². The summed E-state index contributed by atoms with van der Waals surface area (Å²) in [5.74, 6) is -0.224. The van der Waals surface area contributed by atoms with Gasteiger partial charge in [-0.25, -0.2) is 10.2 Å². The van der Waals surface area contributed by atoms with Crippen LogP contribution in [0, 0.1) is 13.8 Å². The Morgan fingerprint density at radius 2 is 1.81 bits per heavy atom. The van der Waals surface area contributed by atoms with E-state index in [1.54, 1.807) is 40.0 Å². The maximum atomic E-state index is 12.4. The van der Waals surface area contributed by atoms with Crippen LogP contribution in [0.3, 0.4) is 0 Å². The van der Waals surface area contributed by atoms with Gasteiger partial charge in [0, 0.05) is 0 Å². The number of hydrogen-bond donors (Lipinski definition) is 1. The fourth-order valence-corrected chi connectivity index (χ4v) is 2.29. The molecule has 0 aliphatic heterocycles. The lowest BCUT2D eigenvalue weighted by Crippen LogP contribution is -2.21. The number of amides is 1. The Morgan fingerprint density at radius 1 is 1.15 bits per heavy atom. The first-order chi connectivity index (χ1) is 12.5. The van der Waals surface area contributed by atoms with Crippen LogP contribution in [0.25, 0.3) is 0 Å². The van der Waals surface area contributed by atoms with Gasteiger partial charge in [-0.2, -0.15) is 5.10 Å². The molecule has 0 fully saturated rings. The van der Waals surface area contributed by atoms with Crippen LogP contribution in [-0.2, 0) is 4.74 Å². The first-order valence-electron chi connectivity index (χ1n) is 8.09. The molecule has 1 amide bonds. The number of nitrogens with one attached hydrogen (secondary N) is 1. The van der Waals surface area contributed by atoms with E-state index in [2.05, 4.69) is 15.5 Å². The highest BCUT2D eigenvalue weighted by Gasteiger charge is 2.17. The molecule has 1 N–H and O–H groups in total. The highest BCUT2D eigenvalue weighted by atomic mass is 16.5. The van der Waals surface area contributed by atoms with Gasteiger partial charge in [-0.3, -0.25) is 9.78 Å². The average molecular weight is 355 g/mol. The summed E-state index contributed by atoms with van der Waals surface area (Å²) in [6.45, 7) is 5.36. The molecule has 2 rings (SSSR count). The maximum Gasteiger partial charge on any atom is 0.339 e. The number of pyridine rings is 1. The van der Waals surface area contributed by atoms with Gasteiger partial charge in [0.05, 0.1) is 42.4 Å². The number of carbonyl (C=O) groups excluding carboxylic acids is 2. The molecular weight excluding hydrogens is 334 g/mol.